The Morgan fingerprint density at radius 3 is 2.26 bits per heavy atom. The van der Waals surface area contributed by atoms with Crippen molar-refractivity contribution in [1.29, 1.82) is 5.41 Å². The molecule has 0 bridgehead atoms. The van der Waals surface area contributed by atoms with Crippen molar-refractivity contribution in [1.82, 2.24) is 5.32 Å². The Balaban J connectivity index is 0.000000795. The molecule has 0 radical (unpaired) electrons. The number of ether oxygens (including phenoxy) is 1. The minimum atomic E-state index is -1.83. The first-order chi connectivity index (χ1) is 16.7. The van der Waals surface area contributed by atoms with Crippen molar-refractivity contribution in [2.24, 2.45) is 5.73 Å². The van der Waals surface area contributed by atoms with Crippen LogP contribution in [0.25, 0.3) is 10.8 Å². The molecule has 6 N–H and O–H groups in total. The van der Waals surface area contributed by atoms with Crippen LogP contribution >= 0.6 is 0 Å². The predicted octanol–water partition coefficient (Wildman–Crippen LogP) is 5.47. The number of carbonyl (C=O) groups is 2. The number of nitrogens with two attached hydrogens (primary N) is 1. The highest BCUT2D eigenvalue weighted by Crippen LogP contribution is 2.40. The number of alkyl carbamates (subject to hydrolysis) is 1. The van der Waals surface area contributed by atoms with Crippen molar-refractivity contribution in [2.45, 2.75) is 50.7 Å². The van der Waals surface area contributed by atoms with Crippen LogP contribution in [0.2, 0.25) is 0 Å². The second-order valence-corrected chi connectivity index (χ2v) is 9.01. The fourth-order valence-electron chi connectivity index (χ4n) is 4.41. The fourth-order valence-corrected chi connectivity index (χ4v) is 4.41. The molecule has 3 aromatic carbocycles. The van der Waals surface area contributed by atoms with Crippen LogP contribution in [-0.2, 0) is 16.8 Å². The Labute approximate surface area is 204 Å². The maximum absolute atomic E-state index is 12.2. The van der Waals surface area contributed by atoms with Gasteiger partial charge in [0.25, 0.3) is 0 Å². The summed E-state index contributed by atoms with van der Waals surface area (Å²) in [6, 6.07) is 22.3. The van der Waals surface area contributed by atoms with Gasteiger partial charge in [-0.3, -0.25) is 5.41 Å². The maximum Gasteiger partial charge on any atom is 0.503 e. The van der Waals surface area contributed by atoms with Crippen LogP contribution in [0, 0.1) is 5.41 Å². The van der Waals surface area contributed by atoms with E-state index in [-0.39, 0.29) is 23.4 Å². The molecule has 1 saturated carbocycles. The minimum Gasteiger partial charge on any atom is -0.450 e. The van der Waals surface area contributed by atoms with Crippen molar-refractivity contribution >= 4 is 28.9 Å². The van der Waals surface area contributed by atoms with E-state index in [2.05, 4.69) is 30.4 Å². The number of carboxylic acid groups (broad SMARTS) is 2. The largest absolute Gasteiger partial charge is 0.503 e. The Hall–Kier alpha value is -4.07. The summed E-state index contributed by atoms with van der Waals surface area (Å²) in [5, 5.41) is 26.9. The summed E-state index contributed by atoms with van der Waals surface area (Å²) >= 11 is 0. The molecule has 8 heteroatoms. The molecule has 35 heavy (non-hydrogen) atoms. The molecule has 4 rings (SSSR count). The average molecular weight is 478 g/mol. The van der Waals surface area contributed by atoms with Gasteiger partial charge < -0.3 is 26.0 Å². The number of nitrogen functional groups attached to an aromatic ring is 1. The van der Waals surface area contributed by atoms with Gasteiger partial charge in [0.2, 0.25) is 0 Å². The van der Waals surface area contributed by atoms with Gasteiger partial charge in [-0.1, -0.05) is 67.6 Å². The molecule has 0 aromatic heterocycles. The first kappa shape index (κ1) is 25.6. The van der Waals surface area contributed by atoms with Crippen LogP contribution in [0.3, 0.4) is 0 Å². The Morgan fingerprint density at radius 1 is 1.03 bits per heavy atom. The van der Waals surface area contributed by atoms with E-state index >= 15 is 0 Å². The molecule has 0 spiro atoms. The SMILES string of the molecule is C[C@]1(c2ccc3cc(C(=N)N)ccc3c2)CC[C@@H](NC(=O)OCc2ccccc2)CC1.O=C(O)O. The Kier molecular flexibility index (Phi) is 8.30. The van der Waals surface area contributed by atoms with Crippen molar-refractivity contribution in [2.75, 3.05) is 0 Å². The minimum absolute atomic E-state index is 0.0829. The highest BCUT2D eigenvalue weighted by Gasteiger charge is 2.33. The molecule has 0 atom stereocenters. The number of nitrogens with one attached hydrogen (secondary N) is 2. The lowest BCUT2D eigenvalue weighted by molar-refractivity contribution is 0.130. The van der Waals surface area contributed by atoms with Crippen molar-refractivity contribution < 1.29 is 24.5 Å². The normalized spacial score (nSPS) is 19.2. The van der Waals surface area contributed by atoms with Gasteiger partial charge in [-0.05, 0) is 59.1 Å². The Bertz CT molecular complexity index is 1180. The molecule has 1 amide bonds. The first-order valence-corrected chi connectivity index (χ1v) is 11.4. The van der Waals surface area contributed by atoms with Gasteiger partial charge in [-0.25, -0.2) is 9.59 Å². The molecule has 1 fully saturated rings. The van der Waals surface area contributed by atoms with Crippen LogP contribution in [0.5, 0.6) is 0 Å². The topological polar surface area (TPSA) is 146 Å². The second-order valence-electron chi connectivity index (χ2n) is 9.01. The number of amidine groups is 1. The third-order valence-electron chi connectivity index (χ3n) is 6.47. The van der Waals surface area contributed by atoms with E-state index in [0.29, 0.717) is 6.61 Å². The number of carbonyl (C=O) groups excluding carboxylic acids is 1. The zero-order valence-electron chi connectivity index (χ0n) is 19.7. The molecule has 0 heterocycles. The summed E-state index contributed by atoms with van der Waals surface area (Å²) in [7, 11) is 0. The fraction of sp³-hybridized carbons (Fsp3) is 0.296. The van der Waals surface area contributed by atoms with Gasteiger partial charge in [0, 0.05) is 11.6 Å². The van der Waals surface area contributed by atoms with Crippen LogP contribution in [0.1, 0.15) is 49.3 Å². The van der Waals surface area contributed by atoms with Crippen LogP contribution in [0.15, 0.2) is 66.7 Å². The van der Waals surface area contributed by atoms with E-state index in [1.165, 1.54) is 5.56 Å². The zero-order valence-corrected chi connectivity index (χ0v) is 19.7. The number of fused-ring (bicyclic) bond motifs is 1. The molecule has 0 saturated heterocycles. The Morgan fingerprint density at radius 2 is 1.63 bits per heavy atom. The van der Waals surface area contributed by atoms with Crippen molar-refractivity contribution in [3.63, 3.8) is 0 Å². The summed E-state index contributed by atoms with van der Waals surface area (Å²) in [6.45, 7) is 2.60. The van der Waals surface area contributed by atoms with E-state index in [4.69, 9.17) is 30.9 Å². The molecule has 8 nitrogen and oxygen atoms in total. The molecule has 1 aliphatic carbocycles. The molecule has 0 unspecified atom stereocenters. The van der Waals surface area contributed by atoms with Gasteiger partial charge in [-0.2, -0.15) is 0 Å². The molecule has 184 valence electrons. The third kappa shape index (κ3) is 7.20. The van der Waals surface area contributed by atoms with Gasteiger partial charge in [0.15, 0.2) is 0 Å². The van der Waals surface area contributed by atoms with Crippen LogP contribution in [0.4, 0.5) is 9.59 Å². The summed E-state index contributed by atoms with van der Waals surface area (Å²) in [5.41, 5.74) is 8.75. The molecular weight excluding hydrogens is 446 g/mol. The highest BCUT2D eigenvalue weighted by atomic mass is 16.6. The summed E-state index contributed by atoms with van der Waals surface area (Å²) < 4.78 is 5.37. The van der Waals surface area contributed by atoms with E-state index < -0.39 is 6.16 Å². The molecule has 1 aliphatic rings. The zero-order chi connectivity index (χ0) is 25.4. The van der Waals surface area contributed by atoms with Crippen LogP contribution in [-0.4, -0.2) is 34.3 Å². The van der Waals surface area contributed by atoms with E-state index in [0.717, 1.165) is 47.6 Å². The number of benzene rings is 3. The van der Waals surface area contributed by atoms with Gasteiger partial charge in [0.1, 0.15) is 12.4 Å². The quantitative estimate of drug-likeness (QED) is 0.243. The number of hydrogen-bond donors (Lipinski definition) is 5. The van der Waals surface area contributed by atoms with Crippen molar-refractivity contribution in [3.8, 4) is 0 Å². The summed E-state index contributed by atoms with van der Waals surface area (Å²) in [6.07, 6.45) is 1.70. The lowest BCUT2D eigenvalue weighted by atomic mass is 9.69. The van der Waals surface area contributed by atoms with Crippen molar-refractivity contribution in [3.05, 3.63) is 83.4 Å². The maximum atomic E-state index is 12.2. The molecule has 0 aliphatic heterocycles. The molecular formula is C27H31N3O5. The van der Waals surface area contributed by atoms with Gasteiger partial charge in [-0.15, -0.1) is 0 Å². The van der Waals surface area contributed by atoms with E-state index in [9.17, 15) is 4.79 Å². The molecule has 3 aromatic rings. The number of rotatable bonds is 5. The lowest BCUT2D eigenvalue weighted by Crippen LogP contribution is -2.41. The highest BCUT2D eigenvalue weighted by molar-refractivity contribution is 5.99. The first-order valence-electron chi connectivity index (χ1n) is 11.4. The third-order valence-corrected chi connectivity index (χ3v) is 6.47. The summed E-state index contributed by atoms with van der Waals surface area (Å²) in [4.78, 5) is 20.7. The summed E-state index contributed by atoms with van der Waals surface area (Å²) in [5.74, 6) is 0.0889. The van der Waals surface area contributed by atoms with Gasteiger partial charge in [0.05, 0.1) is 0 Å². The average Bonchev–Trinajstić information content (AvgIpc) is 2.84. The van der Waals surface area contributed by atoms with E-state index in [1.807, 2.05) is 48.5 Å². The van der Waals surface area contributed by atoms with Gasteiger partial charge >= 0.3 is 12.2 Å². The van der Waals surface area contributed by atoms with Crippen LogP contribution < -0.4 is 11.1 Å². The smallest absolute Gasteiger partial charge is 0.450 e. The second kappa shape index (κ2) is 11.4. The van der Waals surface area contributed by atoms with E-state index in [1.54, 1.807) is 0 Å². The lowest BCUT2D eigenvalue weighted by Gasteiger charge is -2.38. The standard InChI is InChI=1S/C26H29N3O2.CH2O3/c1-26(22-10-9-19-15-21(24(27)28)8-7-20(19)16-22)13-11-23(12-14-26)29-25(30)31-17-18-5-3-2-4-6-18;2-1(3)4/h2-10,15-16,23H,11-14,17H2,1H3,(H3,27,28)(H,29,30);(H2,2,3,4)/t23-,26+;. The monoisotopic (exact) mass is 477 g/mol. The number of amides is 1. The predicted molar refractivity (Wildman–Crippen MR) is 135 cm³/mol. The number of hydrogen-bond acceptors (Lipinski definition) is 4.